The lowest BCUT2D eigenvalue weighted by molar-refractivity contribution is 0.0993. The predicted octanol–water partition coefficient (Wildman–Crippen LogP) is 2.74. The minimum absolute atomic E-state index is 0.230. The summed E-state index contributed by atoms with van der Waals surface area (Å²) in [6, 6.07) is 12.6. The molecule has 5 heteroatoms. The molecule has 20 heavy (non-hydrogen) atoms. The lowest BCUT2D eigenvalue weighted by Gasteiger charge is -2.17. The van der Waals surface area contributed by atoms with Crippen LogP contribution in [0.2, 0.25) is 0 Å². The van der Waals surface area contributed by atoms with Gasteiger partial charge >= 0.3 is 0 Å². The van der Waals surface area contributed by atoms with E-state index in [1.54, 1.807) is 43.4 Å². The summed E-state index contributed by atoms with van der Waals surface area (Å²) >= 11 is 4.89. The van der Waals surface area contributed by atoms with Crippen molar-refractivity contribution in [3.05, 3.63) is 65.5 Å². The van der Waals surface area contributed by atoms with Gasteiger partial charge in [0.1, 0.15) is 10.8 Å². The zero-order valence-corrected chi connectivity index (χ0v) is 11.7. The predicted molar refractivity (Wildman–Crippen MR) is 81.5 cm³/mol. The van der Waals surface area contributed by atoms with E-state index in [1.807, 2.05) is 0 Å². The van der Waals surface area contributed by atoms with Crippen LogP contribution in [0.1, 0.15) is 15.9 Å². The van der Waals surface area contributed by atoms with Gasteiger partial charge in [-0.15, -0.1) is 0 Å². The van der Waals surface area contributed by atoms with E-state index in [2.05, 4.69) is 0 Å². The summed E-state index contributed by atoms with van der Waals surface area (Å²) < 4.78 is 13.2. The molecule has 0 spiro atoms. The Hall–Kier alpha value is -2.27. The standard InChI is InChI=1S/C15H13FN2OS/c1-18(13-7-3-6-12(16)9-13)15(19)11-5-2-4-10(8-11)14(17)20/h2-9H,1H3,(H2,17,20). The molecule has 0 aliphatic carbocycles. The summed E-state index contributed by atoms with van der Waals surface area (Å²) in [5.74, 6) is -0.646. The molecule has 0 heterocycles. The van der Waals surface area contributed by atoms with Crippen LogP contribution in [0, 0.1) is 5.82 Å². The lowest BCUT2D eigenvalue weighted by atomic mass is 10.1. The zero-order chi connectivity index (χ0) is 14.7. The first kappa shape index (κ1) is 14.1. The zero-order valence-electron chi connectivity index (χ0n) is 10.8. The number of thiocarbonyl (C=S) groups is 1. The summed E-state index contributed by atoms with van der Waals surface area (Å²) in [7, 11) is 1.59. The van der Waals surface area contributed by atoms with Crippen LogP contribution in [0.15, 0.2) is 48.5 Å². The summed E-state index contributed by atoms with van der Waals surface area (Å²) in [6.45, 7) is 0. The number of carbonyl (C=O) groups is 1. The maximum atomic E-state index is 13.2. The molecule has 1 amide bonds. The van der Waals surface area contributed by atoms with Crippen LogP contribution in [-0.2, 0) is 0 Å². The largest absolute Gasteiger partial charge is 0.389 e. The van der Waals surface area contributed by atoms with Gasteiger partial charge in [0.25, 0.3) is 5.91 Å². The van der Waals surface area contributed by atoms with E-state index < -0.39 is 0 Å². The number of hydrogen-bond donors (Lipinski definition) is 1. The molecule has 3 nitrogen and oxygen atoms in total. The quantitative estimate of drug-likeness (QED) is 0.883. The Bertz CT molecular complexity index is 672. The van der Waals surface area contributed by atoms with Crippen LogP contribution in [0.4, 0.5) is 10.1 Å². The first-order valence-electron chi connectivity index (χ1n) is 5.92. The van der Waals surface area contributed by atoms with Crippen molar-refractivity contribution in [2.24, 2.45) is 5.73 Å². The van der Waals surface area contributed by atoms with Crippen molar-refractivity contribution in [1.82, 2.24) is 0 Å². The first-order chi connectivity index (χ1) is 9.49. The van der Waals surface area contributed by atoms with Gasteiger partial charge in [-0.25, -0.2) is 4.39 Å². The fraction of sp³-hybridized carbons (Fsp3) is 0.0667. The number of hydrogen-bond acceptors (Lipinski definition) is 2. The molecule has 0 aromatic heterocycles. The molecule has 2 aromatic carbocycles. The smallest absolute Gasteiger partial charge is 0.258 e. The fourth-order valence-electron chi connectivity index (χ4n) is 1.80. The first-order valence-corrected chi connectivity index (χ1v) is 6.33. The third-order valence-electron chi connectivity index (χ3n) is 2.89. The normalized spacial score (nSPS) is 10.1. The van der Waals surface area contributed by atoms with Crippen molar-refractivity contribution >= 4 is 28.8 Å². The van der Waals surface area contributed by atoms with E-state index >= 15 is 0 Å². The van der Waals surface area contributed by atoms with Gasteiger partial charge in [0.05, 0.1) is 0 Å². The molecule has 0 radical (unpaired) electrons. The summed E-state index contributed by atoms with van der Waals surface area (Å²) in [5.41, 5.74) is 7.10. The number of amides is 1. The molecule has 0 atom stereocenters. The second kappa shape index (κ2) is 5.79. The van der Waals surface area contributed by atoms with E-state index in [-0.39, 0.29) is 16.7 Å². The van der Waals surface area contributed by atoms with Gasteiger partial charge in [-0.2, -0.15) is 0 Å². The highest BCUT2D eigenvalue weighted by Gasteiger charge is 2.14. The number of nitrogens with two attached hydrogens (primary N) is 1. The van der Waals surface area contributed by atoms with Gasteiger partial charge in [-0.05, 0) is 30.3 Å². The van der Waals surface area contributed by atoms with Crippen LogP contribution in [0.5, 0.6) is 0 Å². The summed E-state index contributed by atoms with van der Waals surface area (Å²) in [4.78, 5) is 14.0. The molecule has 0 saturated carbocycles. The minimum atomic E-state index is -0.390. The van der Waals surface area contributed by atoms with Gasteiger partial charge in [0.15, 0.2) is 0 Å². The Kier molecular flexibility index (Phi) is 4.10. The average Bonchev–Trinajstić information content (AvgIpc) is 2.45. The second-order valence-corrected chi connectivity index (χ2v) is 4.73. The molecule has 0 saturated heterocycles. The Balaban J connectivity index is 2.31. The van der Waals surface area contributed by atoms with Gasteiger partial charge in [-0.3, -0.25) is 4.79 Å². The highest BCUT2D eigenvalue weighted by molar-refractivity contribution is 7.80. The van der Waals surface area contributed by atoms with Gasteiger partial charge in [0.2, 0.25) is 0 Å². The molecule has 0 aliphatic heterocycles. The number of carbonyl (C=O) groups excluding carboxylic acids is 1. The molecule has 0 bridgehead atoms. The van der Waals surface area contributed by atoms with Crippen molar-refractivity contribution in [1.29, 1.82) is 0 Å². The maximum Gasteiger partial charge on any atom is 0.258 e. The second-order valence-electron chi connectivity index (χ2n) is 4.29. The fourth-order valence-corrected chi connectivity index (χ4v) is 1.93. The maximum absolute atomic E-state index is 13.2. The van der Waals surface area contributed by atoms with Gasteiger partial charge in [0, 0.05) is 23.9 Å². The highest BCUT2D eigenvalue weighted by Crippen LogP contribution is 2.17. The molecule has 0 unspecified atom stereocenters. The Morgan fingerprint density at radius 1 is 1.15 bits per heavy atom. The van der Waals surface area contributed by atoms with Gasteiger partial charge in [-0.1, -0.05) is 30.4 Å². The van der Waals surface area contributed by atoms with Crippen molar-refractivity contribution < 1.29 is 9.18 Å². The highest BCUT2D eigenvalue weighted by atomic mass is 32.1. The van der Waals surface area contributed by atoms with E-state index in [0.29, 0.717) is 16.8 Å². The summed E-state index contributed by atoms with van der Waals surface area (Å²) in [5, 5.41) is 0. The SMILES string of the molecule is CN(C(=O)c1cccc(C(N)=S)c1)c1cccc(F)c1. The monoisotopic (exact) mass is 288 g/mol. The molecule has 0 aliphatic rings. The number of halogens is 1. The van der Waals surface area contributed by atoms with E-state index in [4.69, 9.17) is 18.0 Å². The van der Waals surface area contributed by atoms with Crippen molar-refractivity contribution in [2.45, 2.75) is 0 Å². The Morgan fingerprint density at radius 3 is 2.45 bits per heavy atom. The number of rotatable bonds is 3. The van der Waals surface area contributed by atoms with Crippen molar-refractivity contribution in [3.63, 3.8) is 0 Å². The Labute approximate surface area is 121 Å². The van der Waals surface area contributed by atoms with E-state index in [1.165, 1.54) is 17.0 Å². The third kappa shape index (κ3) is 3.00. The molecule has 2 rings (SSSR count). The topological polar surface area (TPSA) is 46.3 Å². The van der Waals surface area contributed by atoms with Crippen molar-refractivity contribution in [2.75, 3.05) is 11.9 Å². The van der Waals surface area contributed by atoms with Crippen LogP contribution in [0.25, 0.3) is 0 Å². The molecule has 2 N–H and O–H groups in total. The van der Waals surface area contributed by atoms with E-state index in [9.17, 15) is 9.18 Å². The lowest BCUT2D eigenvalue weighted by Crippen LogP contribution is -2.26. The van der Waals surface area contributed by atoms with E-state index in [0.717, 1.165) is 0 Å². The van der Waals surface area contributed by atoms with Crippen LogP contribution >= 0.6 is 12.2 Å². The van der Waals surface area contributed by atoms with Crippen LogP contribution in [-0.4, -0.2) is 17.9 Å². The molecule has 0 fully saturated rings. The van der Waals surface area contributed by atoms with Crippen LogP contribution < -0.4 is 10.6 Å². The Morgan fingerprint density at radius 2 is 1.80 bits per heavy atom. The summed E-state index contributed by atoms with van der Waals surface area (Å²) in [6.07, 6.45) is 0. The number of nitrogens with zero attached hydrogens (tertiary/aromatic N) is 1. The molecular weight excluding hydrogens is 275 g/mol. The molecular formula is C15H13FN2OS. The number of benzene rings is 2. The van der Waals surface area contributed by atoms with Gasteiger partial charge < -0.3 is 10.6 Å². The van der Waals surface area contributed by atoms with Crippen molar-refractivity contribution in [3.8, 4) is 0 Å². The minimum Gasteiger partial charge on any atom is -0.389 e. The molecule has 102 valence electrons. The third-order valence-corrected chi connectivity index (χ3v) is 3.13. The average molecular weight is 288 g/mol. The molecule has 2 aromatic rings. The van der Waals surface area contributed by atoms with Crippen LogP contribution in [0.3, 0.4) is 0 Å². The number of anilines is 1.